The summed E-state index contributed by atoms with van der Waals surface area (Å²) >= 11 is 0. The number of rotatable bonds is 4. The third-order valence-electron chi connectivity index (χ3n) is 2.85. The molecule has 0 aliphatic carbocycles. The monoisotopic (exact) mass is 279 g/mol. The van der Waals surface area contributed by atoms with E-state index < -0.39 is 0 Å². The summed E-state index contributed by atoms with van der Waals surface area (Å²) in [5, 5.41) is 21.5. The minimum atomic E-state index is 0. The van der Waals surface area contributed by atoms with Crippen LogP contribution in [-0.2, 0) is 0 Å². The highest BCUT2D eigenvalue weighted by atomic mass is 35.5. The van der Waals surface area contributed by atoms with Crippen LogP contribution in [0.2, 0.25) is 0 Å². The number of aromatic hydroxyl groups is 1. The molecule has 102 valence electrons. The largest absolute Gasteiger partial charge is 0.492 e. The van der Waals surface area contributed by atoms with E-state index in [2.05, 4.69) is 5.10 Å². The molecule has 19 heavy (non-hydrogen) atoms. The minimum absolute atomic E-state index is 0. The van der Waals surface area contributed by atoms with Gasteiger partial charge in [0.05, 0.1) is 11.6 Å². The van der Waals surface area contributed by atoms with Crippen LogP contribution in [0.1, 0.15) is 26.3 Å². The van der Waals surface area contributed by atoms with Crippen LogP contribution in [0.25, 0.3) is 11.1 Å². The summed E-state index contributed by atoms with van der Waals surface area (Å²) in [4.78, 5) is 0. The molecule has 1 unspecified atom stereocenters. The number of hydrogen-bond donors (Lipinski definition) is 2. The lowest BCUT2D eigenvalue weighted by Gasteiger charge is -2.10. The van der Waals surface area contributed by atoms with Gasteiger partial charge in [-0.05, 0) is 19.4 Å². The maximum atomic E-state index is 9.88. The molecule has 0 fully saturated rings. The Labute approximate surface area is 119 Å². The summed E-state index contributed by atoms with van der Waals surface area (Å²) in [6.07, 6.45) is 2.47. The van der Waals surface area contributed by atoms with Gasteiger partial charge in [0.2, 0.25) is 5.88 Å². The molecule has 0 radical (unpaired) electrons. The molecule has 0 amide bonds. The second kappa shape index (κ2) is 6.38. The molecule has 0 saturated heterocycles. The van der Waals surface area contributed by atoms with Crippen molar-refractivity contribution in [2.24, 2.45) is 0 Å². The van der Waals surface area contributed by atoms with Crippen LogP contribution in [0.5, 0.6) is 5.88 Å². The molecule has 0 bridgehead atoms. The van der Waals surface area contributed by atoms with E-state index in [1.807, 2.05) is 43.5 Å². The van der Waals surface area contributed by atoms with Crippen LogP contribution in [0, 0.1) is 5.41 Å². The number of nitrogens with zero attached hydrogens (tertiary/aromatic N) is 2. The predicted molar refractivity (Wildman–Crippen MR) is 79.3 cm³/mol. The first-order chi connectivity index (χ1) is 8.58. The lowest BCUT2D eigenvalue weighted by molar-refractivity contribution is 0.421. The molecule has 4 nitrogen and oxygen atoms in total. The third-order valence-corrected chi connectivity index (χ3v) is 2.85. The Kier molecular flexibility index (Phi) is 5.12. The Morgan fingerprint density at radius 3 is 2.58 bits per heavy atom. The minimum Gasteiger partial charge on any atom is -0.492 e. The van der Waals surface area contributed by atoms with E-state index in [1.54, 1.807) is 11.6 Å². The number of hydrogen-bond acceptors (Lipinski definition) is 3. The van der Waals surface area contributed by atoms with Gasteiger partial charge < -0.3 is 10.5 Å². The maximum Gasteiger partial charge on any atom is 0.238 e. The van der Waals surface area contributed by atoms with Crippen molar-refractivity contribution < 1.29 is 5.11 Å². The molecular formula is C14H18ClN3O. The normalized spacial score (nSPS) is 11.7. The van der Waals surface area contributed by atoms with Gasteiger partial charge in [-0.2, -0.15) is 0 Å². The quantitative estimate of drug-likeness (QED) is 0.839. The Morgan fingerprint density at radius 1 is 1.37 bits per heavy atom. The average molecular weight is 280 g/mol. The number of halogens is 1. The van der Waals surface area contributed by atoms with Crippen molar-refractivity contribution in [3.8, 4) is 17.0 Å². The summed E-state index contributed by atoms with van der Waals surface area (Å²) in [6.45, 7) is 3.76. The molecule has 1 aromatic carbocycles. The Hall–Kier alpha value is -1.81. The van der Waals surface area contributed by atoms with E-state index in [4.69, 9.17) is 5.41 Å². The van der Waals surface area contributed by atoms with Gasteiger partial charge in [-0.15, -0.1) is 17.5 Å². The lowest BCUT2D eigenvalue weighted by Crippen LogP contribution is -2.08. The molecular weight excluding hydrogens is 262 g/mol. The SMILES string of the molecule is CC(=N)CC(C)n1cc(-c2ccccc2)c(O)n1.Cl. The summed E-state index contributed by atoms with van der Waals surface area (Å²) in [5.74, 6) is 0.0377. The fraction of sp³-hybridized carbons (Fsp3) is 0.286. The molecule has 0 aliphatic rings. The van der Waals surface area contributed by atoms with Crippen LogP contribution in [0.3, 0.4) is 0 Å². The highest BCUT2D eigenvalue weighted by Gasteiger charge is 2.13. The molecule has 2 rings (SSSR count). The third kappa shape index (κ3) is 3.58. The van der Waals surface area contributed by atoms with Crippen LogP contribution in [0.4, 0.5) is 0 Å². The predicted octanol–water partition coefficient (Wildman–Crippen LogP) is 3.67. The van der Waals surface area contributed by atoms with Crippen LogP contribution < -0.4 is 0 Å². The van der Waals surface area contributed by atoms with Crippen molar-refractivity contribution in [3.05, 3.63) is 36.5 Å². The summed E-state index contributed by atoms with van der Waals surface area (Å²) in [7, 11) is 0. The molecule has 0 aliphatic heterocycles. The first-order valence-electron chi connectivity index (χ1n) is 5.95. The Bertz CT molecular complexity index is 551. The van der Waals surface area contributed by atoms with Gasteiger partial charge in [-0.3, -0.25) is 4.68 Å². The highest BCUT2D eigenvalue weighted by Crippen LogP contribution is 2.29. The zero-order chi connectivity index (χ0) is 13.1. The second-order valence-electron chi connectivity index (χ2n) is 4.55. The van der Waals surface area contributed by atoms with Crippen molar-refractivity contribution in [3.63, 3.8) is 0 Å². The first-order valence-corrected chi connectivity index (χ1v) is 5.95. The van der Waals surface area contributed by atoms with E-state index in [1.165, 1.54) is 0 Å². The topological polar surface area (TPSA) is 61.9 Å². The summed E-state index contributed by atoms with van der Waals surface area (Å²) < 4.78 is 1.72. The number of nitrogens with one attached hydrogen (secondary N) is 1. The zero-order valence-electron chi connectivity index (χ0n) is 11.0. The first kappa shape index (κ1) is 15.2. The van der Waals surface area contributed by atoms with Crippen molar-refractivity contribution in [2.45, 2.75) is 26.3 Å². The van der Waals surface area contributed by atoms with Gasteiger partial charge in [-0.25, -0.2) is 0 Å². The molecule has 1 heterocycles. The van der Waals surface area contributed by atoms with E-state index in [9.17, 15) is 5.11 Å². The van der Waals surface area contributed by atoms with Crippen LogP contribution >= 0.6 is 12.4 Å². The molecule has 1 atom stereocenters. The summed E-state index contributed by atoms with van der Waals surface area (Å²) in [5.41, 5.74) is 2.28. The molecule has 2 aromatic rings. The van der Waals surface area contributed by atoms with Gasteiger partial charge in [0, 0.05) is 18.3 Å². The van der Waals surface area contributed by atoms with Gasteiger partial charge >= 0.3 is 0 Å². The van der Waals surface area contributed by atoms with Gasteiger partial charge in [0.25, 0.3) is 0 Å². The molecule has 1 aromatic heterocycles. The molecule has 0 spiro atoms. The van der Waals surface area contributed by atoms with E-state index in [0.29, 0.717) is 12.1 Å². The lowest BCUT2D eigenvalue weighted by atomic mass is 10.1. The van der Waals surface area contributed by atoms with Crippen molar-refractivity contribution >= 4 is 18.1 Å². The fourth-order valence-corrected chi connectivity index (χ4v) is 1.97. The smallest absolute Gasteiger partial charge is 0.238 e. The summed E-state index contributed by atoms with van der Waals surface area (Å²) in [6, 6.07) is 9.74. The second-order valence-corrected chi connectivity index (χ2v) is 4.55. The van der Waals surface area contributed by atoms with E-state index in [-0.39, 0.29) is 24.3 Å². The number of aromatic nitrogens is 2. The Morgan fingerprint density at radius 2 is 2.00 bits per heavy atom. The highest BCUT2D eigenvalue weighted by molar-refractivity contribution is 5.85. The van der Waals surface area contributed by atoms with Gasteiger partial charge in [0.1, 0.15) is 0 Å². The molecule has 5 heteroatoms. The van der Waals surface area contributed by atoms with Crippen molar-refractivity contribution in [1.82, 2.24) is 9.78 Å². The standard InChI is InChI=1S/C14H17N3O.ClH/c1-10(15)8-11(2)17-9-13(14(18)16-17)12-6-4-3-5-7-12;/h3-7,9,11,15H,8H2,1-2H3,(H,16,18);1H. The van der Waals surface area contributed by atoms with E-state index in [0.717, 1.165) is 11.1 Å². The maximum absolute atomic E-state index is 9.88. The number of benzene rings is 1. The van der Waals surface area contributed by atoms with Crippen LogP contribution in [-0.4, -0.2) is 20.6 Å². The molecule has 0 saturated carbocycles. The average Bonchev–Trinajstić information content (AvgIpc) is 2.72. The molecule has 2 N–H and O–H groups in total. The van der Waals surface area contributed by atoms with Crippen molar-refractivity contribution in [2.75, 3.05) is 0 Å². The Balaban J connectivity index is 0.00000180. The van der Waals surface area contributed by atoms with Gasteiger partial charge in [-0.1, -0.05) is 30.3 Å². The fourth-order valence-electron chi connectivity index (χ4n) is 1.97. The van der Waals surface area contributed by atoms with Crippen LogP contribution in [0.15, 0.2) is 36.5 Å². The van der Waals surface area contributed by atoms with Gasteiger partial charge in [0.15, 0.2) is 0 Å². The van der Waals surface area contributed by atoms with Crippen molar-refractivity contribution in [1.29, 1.82) is 5.41 Å². The zero-order valence-corrected chi connectivity index (χ0v) is 11.8. The van der Waals surface area contributed by atoms with E-state index >= 15 is 0 Å².